The van der Waals surface area contributed by atoms with Gasteiger partial charge in [0.1, 0.15) is 17.5 Å². The van der Waals surface area contributed by atoms with E-state index in [9.17, 15) is 18.0 Å². The van der Waals surface area contributed by atoms with Crippen molar-refractivity contribution in [1.29, 1.82) is 0 Å². The van der Waals surface area contributed by atoms with Crippen molar-refractivity contribution in [2.45, 2.75) is 73.5 Å². The number of fused-ring (bicyclic) bond motifs is 1. The number of aromatic nitrogens is 2. The van der Waals surface area contributed by atoms with Gasteiger partial charge in [-0.05, 0) is 111 Å². The van der Waals surface area contributed by atoms with Crippen LogP contribution in [0.5, 0.6) is 0 Å². The number of methoxy groups -OCH3 is 1. The zero-order valence-corrected chi connectivity index (χ0v) is 36.8. The molecule has 0 bridgehead atoms. The van der Waals surface area contributed by atoms with E-state index in [2.05, 4.69) is 24.7 Å². The zero-order valence-electron chi connectivity index (χ0n) is 36.0. The summed E-state index contributed by atoms with van der Waals surface area (Å²) in [6.07, 6.45) is 11.0. The first kappa shape index (κ1) is 43.5. The lowest BCUT2D eigenvalue weighted by Crippen LogP contribution is -2.58. The number of nitrogens with zero attached hydrogens (tertiary/aromatic N) is 6. The summed E-state index contributed by atoms with van der Waals surface area (Å²) >= 11 is 0. The second-order valence-electron chi connectivity index (χ2n) is 17.7. The van der Waals surface area contributed by atoms with E-state index < -0.39 is 27.3 Å². The zero-order chi connectivity index (χ0) is 43.8. The summed E-state index contributed by atoms with van der Waals surface area (Å²) in [6, 6.07) is 16.1. The smallest absolute Gasteiger partial charge is 0.407 e. The number of nitrogens with one attached hydrogen (secondary N) is 1. The number of piperidine rings is 1. The number of anilines is 1. The summed E-state index contributed by atoms with van der Waals surface area (Å²) in [7, 11) is 0.806. The number of hydrogen-bond acceptors (Lipinski definition) is 9. The number of amides is 2. The van der Waals surface area contributed by atoms with Crippen LogP contribution < -0.4 is 10.2 Å². The van der Waals surface area contributed by atoms with Gasteiger partial charge in [-0.1, -0.05) is 30.7 Å². The molecule has 1 N–H and O–H groups in total. The van der Waals surface area contributed by atoms with E-state index in [1.165, 1.54) is 30.2 Å². The van der Waals surface area contributed by atoms with Gasteiger partial charge in [0.15, 0.2) is 0 Å². The van der Waals surface area contributed by atoms with Crippen molar-refractivity contribution in [3.05, 3.63) is 119 Å². The van der Waals surface area contributed by atoms with E-state index in [4.69, 9.17) is 4.74 Å². The van der Waals surface area contributed by atoms with E-state index in [1.54, 1.807) is 50.6 Å². The minimum absolute atomic E-state index is 0.0237. The summed E-state index contributed by atoms with van der Waals surface area (Å²) < 4.78 is 65.6. The first-order valence-electron chi connectivity index (χ1n) is 21.6. The number of likely N-dealkylation sites (tertiary alicyclic amines) is 1. The third kappa shape index (κ3) is 8.50. The van der Waals surface area contributed by atoms with Crippen molar-refractivity contribution in [3.63, 3.8) is 0 Å². The molecule has 2 amide bonds. The number of halogens is 2. The van der Waals surface area contributed by atoms with Gasteiger partial charge in [0.2, 0.25) is 15.7 Å². The molecule has 330 valence electrons. The molecule has 0 spiro atoms. The Kier molecular flexibility index (Phi) is 12.6. The van der Waals surface area contributed by atoms with Crippen LogP contribution in [-0.4, -0.2) is 111 Å². The average molecular weight is 870 g/mol. The van der Waals surface area contributed by atoms with Crippen molar-refractivity contribution < 1.29 is 31.5 Å². The molecule has 4 heterocycles. The van der Waals surface area contributed by atoms with E-state index in [0.29, 0.717) is 44.3 Å². The lowest BCUT2D eigenvalue weighted by Gasteiger charge is -2.52. The number of imidazole rings is 1. The van der Waals surface area contributed by atoms with Gasteiger partial charge in [0.05, 0.1) is 28.1 Å². The Morgan fingerprint density at radius 3 is 2.39 bits per heavy atom. The number of sulfone groups is 1. The largest absolute Gasteiger partial charge is 0.453 e. The topological polar surface area (TPSA) is 120 Å². The number of benzene rings is 3. The molecule has 4 aromatic rings. The second kappa shape index (κ2) is 17.9. The van der Waals surface area contributed by atoms with E-state index >= 15 is 8.78 Å². The molecular weight excluding hydrogens is 813 g/mol. The molecule has 3 fully saturated rings. The highest BCUT2D eigenvalue weighted by Gasteiger charge is 2.54. The van der Waals surface area contributed by atoms with Crippen molar-refractivity contribution in [2.75, 3.05) is 65.4 Å². The fraction of sp³-hybridized carbons (Fsp3) is 0.468. The Bertz CT molecular complexity index is 2430. The third-order valence-electron chi connectivity index (χ3n) is 13.7. The number of ether oxygens (including phenoxy) is 1. The number of likely N-dealkylation sites (N-methyl/N-ethyl adjacent to an activating group) is 1. The molecular formula is C47H57F2N7O5S. The van der Waals surface area contributed by atoms with Crippen LogP contribution in [0, 0.1) is 36.3 Å². The number of carbonyl (C=O) groups excluding carboxylic acids is 2. The van der Waals surface area contributed by atoms with Crippen molar-refractivity contribution in [3.8, 4) is 0 Å². The molecule has 3 aromatic carbocycles. The predicted octanol–water partition coefficient (Wildman–Crippen LogP) is 6.38. The maximum Gasteiger partial charge on any atom is 0.407 e. The molecule has 2 saturated heterocycles. The number of aryl methyl sites for hydroxylation is 1. The SMILES string of the molecule is COC(=O)N[C@H]1CCC[C@@H]1[C@](c1cccc(F)c1)(C1CCN(CC2CN(c3ccc(S(=O)(=O)c4ccc5c(c4)CN(C/C=C/C(=O)N(C)C)C5)cc3F)C2)CC1)n1ccnc1C. The number of carbonyl (C=O) groups is 2. The fourth-order valence-corrected chi connectivity index (χ4v) is 12.0. The number of rotatable bonds is 13. The normalized spacial score (nSPS) is 21.2. The molecule has 62 heavy (non-hydrogen) atoms. The van der Waals surface area contributed by atoms with Crippen LogP contribution in [-0.2, 0) is 38.0 Å². The molecule has 4 aliphatic rings. The summed E-state index contributed by atoms with van der Waals surface area (Å²) in [6.45, 7) is 7.60. The van der Waals surface area contributed by atoms with Crippen LogP contribution in [0.25, 0.3) is 0 Å². The lowest BCUT2D eigenvalue weighted by molar-refractivity contribution is -0.123. The first-order chi connectivity index (χ1) is 29.8. The van der Waals surface area contributed by atoms with Gasteiger partial charge < -0.3 is 29.3 Å². The molecule has 3 atom stereocenters. The average Bonchev–Trinajstić information content (AvgIpc) is 4.00. The quantitative estimate of drug-likeness (QED) is 0.153. The Hall–Kier alpha value is -5.12. The standard InChI is InChI=1S/C47H57F2N7O5S/c1-32-50-19-23-56(32)47(37-8-5-9-38(48)25-37,41-10-6-11-43(41)51-46(58)61-4)36-17-21-53(22-18-36)27-33-28-55(29-33)44-16-15-40(26-42(44)49)62(59,60)39-14-13-34-30-54(31-35(34)24-39)20-7-12-45(57)52(2)3/h5,7-9,12-16,19,23-26,33,36,41,43H,6,10-11,17-18,20-22,27-31H2,1-4H3,(H,51,58)/b12-7+/t41-,43-,47+/m0/s1. The molecule has 15 heteroatoms. The lowest BCUT2D eigenvalue weighted by atomic mass is 9.64. The van der Waals surface area contributed by atoms with Crippen LogP contribution in [0.2, 0.25) is 0 Å². The van der Waals surface area contributed by atoms with E-state index in [0.717, 1.165) is 80.3 Å². The van der Waals surface area contributed by atoms with Crippen molar-refractivity contribution in [2.24, 2.45) is 17.8 Å². The van der Waals surface area contributed by atoms with Gasteiger partial charge in [-0.3, -0.25) is 9.69 Å². The predicted molar refractivity (Wildman–Crippen MR) is 232 cm³/mol. The van der Waals surface area contributed by atoms with E-state index in [-0.39, 0.29) is 39.4 Å². The summed E-state index contributed by atoms with van der Waals surface area (Å²) in [5, 5.41) is 3.13. The van der Waals surface area contributed by atoms with E-state index in [1.807, 2.05) is 36.2 Å². The van der Waals surface area contributed by atoms with Crippen LogP contribution in [0.4, 0.5) is 19.3 Å². The molecule has 3 aliphatic heterocycles. The maximum absolute atomic E-state index is 15.7. The van der Waals surface area contributed by atoms with Gasteiger partial charge in [-0.25, -0.2) is 27.0 Å². The highest BCUT2D eigenvalue weighted by molar-refractivity contribution is 7.91. The monoisotopic (exact) mass is 869 g/mol. The molecule has 0 unspecified atom stereocenters. The van der Waals surface area contributed by atoms with Gasteiger partial charge >= 0.3 is 6.09 Å². The summed E-state index contributed by atoms with van der Waals surface area (Å²) in [5.41, 5.74) is 2.56. The number of alkyl carbamates (subject to hydrolysis) is 1. The van der Waals surface area contributed by atoms with Gasteiger partial charge in [0, 0.05) is 89.7 Å². The highest BCUT2D eigenvalue weighted by Crippen LogP contribution is 2.52. The molecule has 1 saturated carbocycles. The van der Waals surface area contributed by atoms with Crippen LogP contribution in [0.1, 0.15) is 54.6 Å². The maximum atomic E-state index is 15.7. The Labute approximate surface area is 363 Å². The molecule has 8 rings (SSSR count). The molecule has 1 aromatic heterocycles. The first-order valence-corrected chi connectivity index (χ1v) is 23.1. The summed E-state index contributed by atoms with van der Waals surface area (Å²) in [4.78, 5) is 37.3. The summed E-state index contributed by atoms with van der Waals surface area (Å²) in [5.74, 6) is 0.301. The van der Waals surface area contributed by atoms with Crippen LogP contribution in [0.15, 0.2) is 95.0 Å². The minimum Gasteiger partial charge on any atom is -0.453 e. The number of hydrogen-bond donors (Lipinski definition) is 1. The van der Waals surface area contributed by atoms with Crippen LogP contribution in [0.3, 0.4) is 0 Å². The van der Waals surface area contributed by atoms with Gasteiger partial charge in [-0.15, -0.1) is 0 Å². The van der Waals surface area contributed by atoms with Crippen molar-refractivity contribution >= 4 is 27.5 Å². The molecule has 12 nitrogen and oxygen atoms in total. The van der Waals surface area contributed by atoms with Gasteiger partial charge in [0.25, 0.3) is 0 Å². The highest BCUT2D eigenvalue weighted by atomic mass is 32.2. The Morgan fingerprint density at radius 2 is 1.69 bits per heavy atom. The van der Waals surface area contributed by atoms with Crippen molar-refractivity contribution in [1.82, 2.24) is 29.6 Å². The molecule has 1 aliphatic carbocycles. The second-order valence-corrected chi connectivity index (χ2v) is 19.6. The fourth-order valence-electron chi connectivity index (χ4n) is 10.7. The Balaban J connectivity index is 0.909. The third-order valence-corrected chi connectivity index (χ3v) is 15.4. The van der Waals surface area contributed by atoms with Crippen LogP contribution >= 0.6 is 0 Å². The van der Waals surface area contributed by atoms with Gasteiger partial charge in [-0.2, -0.15) is 0 Å². The molecule has 0 radical (unpaired) electrons. The minimum atomic E-state index is -3.96. The Morgan fingerprint density at radius 1 is 0.952 bits per heavy atom.